The van der Waals surface area contributed by atoms with E-state index >= 15 is 0 Å². The van der Waals surface area contributed by atoms with E-state index in [2.05, 4.69) is 10.3 Å². The van der Waals surface area contributed by atoms with Gasteiger partial charge in [0.05, 0.1) is 0 Å². The Morgan fingerprint density at radius 3 is 2.93 bits per heavy atom. The van der Waals surface area contributed by atoms with Gasteiger partial charge < -0.3 is 16.2 Å². The lowest BCUT2D eigenvalue weighted by Crippen LogP contribution is -2.13. The highest BCUT2D eigenvalue weighted by Crippen LogP contribution is 2.12. The van der Waals surface area contributed by atoms with Crippen LogP contribution in [0.3, 0.4) is 0 Å². The number of carbonyl (C=O) groups is 1. The predicted octanol–water partition coefficient (Wildman–Crippen LogP) is 1.46. The summed E-state index contributed by atoms with van der Waals surface area (Å²) in [5.74, 6) is -1.47. The van der Waals surface area contributed by atoms with Gasteiger partial charge in [0, 0.05) is 11.4 Å². The SMILES string of the molecule is N#[N+]/C=C(/O)C(=O)Nc1cccc(N)c1. The lowest BCUT2D eigenvalue weighted by molar-refractivity contribution is -0.115. The molecule has 0 heterocycles. The highest BCUT2D eigenvalue weighted by atomic mass is 16.3. The standard InChI is InChI=1S/C9H8N4O2/c10-6-2-1-3-7(4-6)13-9(15)8(14)5-12-11/h1-5H,10H2,(H-,13,14,15)/p+1/b8-5+. The molecule has 0 saturated heterocycles. The van der Waals surface area contributed by atoms with Crippen LogP contribution in [-0.4, -0.2) is 11.0 Å². The van der Waals surface area contributed by atoms with Crippen LogP contribution in [0.1, 0.15) is 0 Å². The molecule has 0 bridgehead atoms. The zero-order chi connectivity index (χ0) is 11.3. The molecule has 0 saturated carbocycles. The topological polar surface area (TPSA) is 103 Å². The Morgan fingerprint density at radius 2 is 2.33 bits per heavy atom. The molecule has 6 heteroatoms. The first-order valence-electron chi connectivity index (χ1n) is 4.03. The summed E-state index contributed by atoms with van der Waals surface area (Å²) in [4.78, 5) is 13.7. The third-order valence-electron chi connectivity index (χ3n) is 1.56. The van der Waals surface area contributed by atoms with Crippen molar-refractivity contribution in [3.05, 3.63) is 41.2 Å². The summed E-state index contributed by atoms with van der Waals surface area (Å²) in [5, 5.41) is 19.5. The van der Waals surface area contributed by atoms with Gasteiger partial charge in [0.2, 0.25) is 5.39 Å². The van der Waals surface area contributed by atoms with Gasteiger partial charge in [-0.15, -0.1) is 0 Å². The highest BCUT2D eigenvalue weighted by molar-refractivity contribution is 6.02. The maximum absolute atomic E-state index is 11.2. The van der Waals surface area contributed by atoms with Gasteiger partial charge in [-0.25, -0.2) is 0 Å². The van der Waals surface area contributed by atoms with Crippen LogP contribution in [0.5, 0.6) is 0 Å². The quantitative estimate of drug-likeness (QED) is 0.294. The molecule has 0 radical (unpaired) electrons. The lowest BCUT2D eigenvalue weighted by atomic mass is 10.3. The van der Waals surface area contributed by atoms with E-state index in [1.165, 1.54) is 6.07 Å². The monoisotopic (exact) mass is 205 g/mol. The largest absolute Gasteiger partial charge is 0.498 e. The van der Waals surface area contributed by atoms with Gasteiger partial charge in [0.15, 0.2) is 4.98 Å². The summed E-state index contributed by atoms with van der Waals surface area (Å²) >= 11 is 0. The van der Waals surface area contributed by atoms with Crippen molar-refractivity contribution in [3.8, 4) is 0 Å². The number of nitrogens with zero attached hydrogens (tertiary/aromatic N) is 2. The van der Waals surface area contributed by atoms with Gasteiger partial charge in [-0.05, 0) is 18.2 Å². The Hall–Kier alpha value is -2.55. The molecular formula is C9H9N4O2+. The molecule has 1 amide bonds. The molecule has 4 N–H and O–H groups in total. The molecule has 1 aromatic carbocycles. The molecule has 0 fully saturated rings. The van der Waals surface area contributed by atoms with Crippen LogP contribution in [0.15, 0.2) is 36.2 Å². The fraction of sp³-hybridized carbons (Fsp3) is 0. The summed E-state index contributed by atoms with van der Waals surface area (Å²) in [6.07, 6.45) is 0.627. The Morgan fingerprint density at radius 1 is 1.60 bits per heavy atom. The molecular weight excluding hydrogens is 196 g/mol. The molecule has 1 rings (SSSR count). The number of hydrogen-bond acceptors (Lipinski definition) is 4. The number of hydrogen-bond donors (Lipinski definition) is 3. The van der Waals surface area contributed by atoms with Crippen LogP contribution in [0.25, 0.3) is 4.98 Å². The van der Waals surface area contributed by atoms with Gasteiger partial charge >= 0.3 is 6.20 Å². The number of anilines is 2. The molecule has 0 aliphatic carbocycles. The van der Waals surface area contributed by atoms with E-state index in [0.717, 1.165) is 0 Å². The predicted molar refractivity (Wildman–Crippen MR) is 55.3 cm³/mol. The number of aliphatic hydroxyl groups excluding tert-OH is 1. The summed E-state index contributed by atoms with van der Waals surface area (Å²) in [6.45, 7) is 0. The average molecular weight is 205 g/mol. The van der Waals surface area contributed by atoms with Gasteiger partial charge in [0.1, 0.15) is 0 Å². The molecule has 76 valence electrons. The van der Waals surface area contributed by atoms with E-state index in [9.17, 15) is 4.79 Å². The van der Waals surface area contributed by atoms with Gasteiger partial charge in [-0.3, -0.25) is 4.79 Å². The van der Waals surface area contributed by atoms with Crippen molar-refractivity contribution in [1.29, 1.82) is 5.39 Å². The number of amides is 1. The minimum Gasteiger partial charge on any atom is -0.498 e. The number of nitrogens with two attached hydrogens (primary N) is 1. The molecule has 0 aliphatic heterocycles. The number of nitrogens with one attached hydrogen (secondary N) is 1. The zero-order valence-electron chi connectivity index (χ0n) is 7.71. The van der Waals surface area contributed by atoms with E-state index in [1.807, 2.05) is 0 Å². The van der Waals surface area contributed by atoms with Crippen molar-refractivity contribution in [2.75, 3.05) is 11.1 Å². The molecule has 0 aliphatic rings. The normalized spacial score (nSPS) is 10.5. The third-order valence-corrected chi connectivity index (χ3v) is 1.56. The maximum Gasteiger partial charge on any atom is 0.397 e. The number of benzene rings is 1. The smallest absolute Gasteiger partial charge is 0.397 e. The number of aliphatic hydroxyl groups is 1. The molecule has 0 spiro atoms. The van der Waals surface area contributed by atoms with Crippen molar-refractivity contribution >= 4 is 17.3 Å². The van der Waals surface area contributed by atoms with Crippen LogP contribution in [0.2, 0.25) is 0 Å². The van der Waals surface area contributed by atoms with E-state index in [4.69, 9.17) is 16.2 Å². The minimum atomic E-state index is -0.779. The van der Waals surface area contributed by atoms with Crippen LogP contribution in [0.4, 0.5) is 11.4 Å². The summed E-state index contributed by atoms with van der Waals surface area (Å²) in [6, 6.07) is 6.45. The number of nitrogen functional groups attached to an aromatic ring is 1. The van der Waals surface area contributed by atoms with Crippen LogP contribution >= 0.6 is 0 Å². The van der Waals surface area contributed by atoms with Crippen molar-refractivity contribution in [2.45, 2.75) is 0 Å². The average Bonchev–Trinajstić information content (AvgIpc) is 2.18. The number of rotatable bonds is 2. The van der Waals surface area contributed by atoms with Crippen molar-refractivity contribution in [2.24, 2.45) is 0 Å². The van der Waals surface area contributed by atoms with E-state index in [-0.39, 0.29) is 0 Å². The molecule has 0 atom stereocenters. The first kappa shape index (κ1) is 10.5. The molecule has 15 heavy (non-hydrogen) atoms. The van der Waals surface area contributed by atoms with Gasteiger partial charge in [0.25, 0.3) is 11.7 Å². The fourth-order valence-electron chi connectivity index (χ4n) is 0.925. The summed E-state index contributed by atoms with van der Waals surface area (Å²) < 4.78 is 0. The van der Waals surface area contributed by atoms with Crippen molar-refractivity contribution in [3.63, 3.8) is 0 Å². The van der Waals surface area contributed by atoms with Crippen LogP contribution < -0.4 is 11.1 Å². The first-order valence-corrected chi connectivity index (χ1v) is 4.03. The Kier molecular flexibility index (Phi) is 3.24. The van der Waals surface area contributed by atoms with E-state index in [0.29, 0.717) is 17.6 Å². The number of diazo groups is 1. The Bertz CT molecular complexity index is 448. The minimum absolute atomic E-state index is 0.442. The molecule has 0 unspecified atom stereocenters. The maximum atomic E-state index is 11.2. The second-order valence-corrected chi connectivity index (χ2v) is 2.71. The second kappa shape index (κ2) is 4.62. The zero-order valence-corrected chi connectivity index (χ0v) is 7.71. The molecule has 0 aromatic heterocycles. The lowest BCUT2D eigenvalue weighted by Gasteiger charge is -2.02. The number of carbonyl (C=O) groups excluding carboxylic acids is 1. The Balaban J connectivity index is 2.76. The highest BCUT2D eigenvalue weighted by Gasteiger charge is 2.12. The Labute approximate surface area is 85.6 Å². The third kappa shape index (κ3) is 3.00. The van der Waals surface area contributed by atoms with Crippen molar-refractivity contribution < 1.29 is 9.90 Å². The van der Waals surface area contributed by atoms with Gasteiger partial charge in [-0.2, -0.15) is 0 Å². The van der Waals surface area contributed by atoms with Crippen LogP contribution in [-0.2, 0) is 4.79 Å². The van der Waals surface area contributed by atoms with Gasteiger partial charge in [-0.1, -0.05) is 6.07 Å². The van der Waals surface area contributed by atoms with Crippen LogP contribution in [0, 0.1) is 5.39 Å². The summed E-state index contributed by atoms with van der Waals surface area (Å²) in [5.41, 5.74) is 6.41. The molecule has 1 aromatic rings. The second-order valence-electron chi connectivity index (χ2n) is 2.71. The van der Waals surface area contributed by atoms with Crippen molar-refractivity contribution in [1.82, 2.24) is 0 Å². The van der Waals surface area contributed by atoms with E-state index < -0.39 is 11.7 Å². The molecule has 6 nitrogen and oxygen atoms in total. The first-order chi connectivity index (χ1) is 7.13. The summed E-state index contributed by atoms with van der Waals surface area (Å²) in [7, 11) is 0. The van der Waals surface area contributed by atoms with E-state index in [1.54, 1.807) is 18.2 Å². The fourth-order valence-corrected chi connectivity index (χ4v) is 0.925.